The van der Waals surface area contributed by atoms with Crippen LogP contribution < -0.4 is 5.73 Å². The highest BCUT2D eigenvalue weighted by Crippen LogP contribution is 2.11. The zero-order valence-corrected chi connectivity index (χ0v) is 12.1. The SMILES string of the molecule is CN(Cc1cccs1)C(=O)C(N)CCS(C)(=O)=O. The van der Waals surface area contributed by atoms with Gasteiger partial charge in [0.2, 0.25) is 5.91 Å². The van der Waals surface area contributed by atoms with Gasteiger partial charge in [-0.25, -0.2) is 8.42 Å². The minimum Gasteiger partial charge on any atom is -0.339 e. The van der Waals surface area contributed by atoms with Gasteiger partial charge in [0.05, 0.1) is 18.3 Å². The number of likely N-dealkylation sites (N-methyl/N-ethyl adjacent to an activating group) is 1. The maximum absolute atomic E-state index is 11.9. The van der Waals surface area contributed by atoms with Gasteiger partial charge in [0.25, 0.3) is 0 Å². The van der Waals surface area contributed by atoms with Crippen molar-refractivity contribution in [1.82, 2.24) is 4.90 Å². The van der Waals surface area contributed by atoms with Crippen LogP contribution >= 0.6 is 11.3 Å². The van der Waals surface area contributed by atoms with Crippen molar-refractivity contribution in [1.29, 1.82) is 0 Å². The number of hydrogen-bond donors (Lipinski definition) is 1. The number of thiophene rings is 1. The van der Waals surface area contributed by atoms with E-state index >= 15 is 0 Å². The highest BCUT2D eigenvalue weighted by Gasteiger charge is 2.19. The molecule has 1 heterocycles. The van der Waals surface area contributed by atoms with E-state index in [4.69, 9.17) is 5.73 Å². The monoisotopic (exact) mass is 290 g/mol. The van der Waals surface area contributed by atoms with Crippen LogP contribution in [-0.4, -0.2) is 44.3 Å². The summed E-state index contributed by atoms with van der Waals surface area (Å²) in [6, 6.07) is 3.10. The Kier molecular flexibility index (Phi) is 5.30. The Morgan fingerprint density at radius 3 is 2.72 bits per heavy atom. The first kappa shape index (κ1) is 15.1. The second kappa shape index (κ2) is 6.31. The summed E-state index contributed by atoms with van der Waals surface area (Å²) >= 11 is 1.57. The van der Waals surface area contributed by atoms with E-state index < -0.39 is 15.9 Å². The summed E-state index contributed by atoms with van der Waals surface area (Å²) in [6.07, 6.45) is 1.30. The molecular formula is C11H18N2O3S2. The molecule has 7 heteroatoms. The lowest BCUT2D eigenvalue weighted by molar-refractivity contribution is -0.131. The van der Waals surface area contributed by atoms with Gasteiger partial charge < -0.3 is 10.6 Å². The molecule has 102 valence electrons. The molecule has 1 amide bonds. The average molecular weight is 290 g/mol. The van der Waals surface area contributed by atoms with Crippen molar-refractivity contribution in [2.75, 3.05) is 19.1 Å². The number of amides is 1. The molecule has 0 aliphatic heterocycles. The second-order valence-electron chi connectivity index (χ2n) is 4.30. The molecule has 0 saturated heterocycles. The van der Waals surface area contributed by atoms with Crippen molar-refractivity contribution in [2.45, 2.75) is 19.0 Å². The van der Waals surface area contributed by atoms with Gasteiger partial charge in [0, 0.05) is 18.2 Å². The molecule has 1 aromatic heterocycles. The van der Waals surface area contributed by atoms with Crippen molar-refractivity contribution in [3.8, 4) is 0 Å². The Labute approximate surface area is 112 Å². The molecule has 1 atom stereocenters. The Bertz CT molecular complexity index is 482. The fourth-order valence-corrected chi connectivity index (χ4v) is 2.90. The Balaban J connectivity index is 2.47. The van der Waals surface area contributed by atoms with Gasteiger partial charge in [-0.2, -0.15) is 0 Å². The summed E-state index contributed by atoms with van der Waals surface area (Å²) in [7, 11) is -1.41. The predicted molar refractivity (Wildman–Crippen MR) is 73.1 cm³/mol. The molecule has 1 aromatic rings. The number of carbonyl (C=O) groups excluding carboxylic acids is 1. The molecular weight excluding hydrogens is 272 g/mol. The van der Waals surface area contributed by atoms with Crippen LogP contribution in [0.2, 0.25) is 0 Å². The molecule has 18 heavy (non-hydrogen) atoms. The van der Waals surface area contributed by atoms with Crippen molar-refractivity contribution >= 4 is 27.1 Å². The summed E-state index contributed by atoms with van der Waals surface area (Å²) < 4.78 is 22.0. The van der Waals surface area contributed by atoms with E-state index in [2.05, 4.69) is 0 Å². The first-order valence-electron chi connectivity index (χ1n) is 5.50. The fraction of sp³-hybridized carbons (Fsp3) is 0.545. The molecule has 0 aliphatic carbocycles. The quantitative estimate of drug-likeness (QED) is 0.826. The van der Waals surface area contributed by atoms with E-state index in [0.29, 0.717) is 6.54 Å². The van der Waals surface area contributed by atoms with Crippen LogP contribution in [0.3, 0.4) is 0 Å². The van der Waals surface area contributed by atoms with Crippen LogP contribution in [0.1, 0.15) is 11.3 Å². The topological polar surface area (TPSA) is 80.5 Å². The molecule has 0 saturated carbocycles. The molecule has 1 unspecified atom stereocenters. The smallest absolute Gasteiger partial charge is 0.239 e. The molecule has 0 radical (unpaired) electrons. The lowest BCUT2D eigenvalue weighted by Crippen LogP contribution is -2.42. The zero-order valence-electron chi connectivity index (χ0n) is 10.5. The molecule has 0 bridgehead atoms. The number of nitrogens with two attached hydrogens (primary N) is 1. The summed E-state index contributed by atoms with van der Waals surface area (Å²) in [6.45, 7) is 0.503. The van der Waals surface area contributed by atoms with Crippen molar-refractivity contribution in [3.05, 3.63) is 22.4 Å². The number of carbonyl (C=O) groups is 1. The minimum atomic E-state index is -3.08. The molecule has 0 spiro atoms. The average Bonchev–Trinajstić information content (AvgIpc) is 2.76. The fourth-order valence-electron chi connectivity index (χ4n) is 1.46. The van der Waals surface area contributed by atoms with Crippen LogP contribution in [0.25, 0.3) is 0 Å². The summed E-state index contributed by atoms with van der Waals surface area (Å²) in [5.41, 5.74) is 5.70. The predicted octanol–water partition coefficient (Wildman–Crippen LogP) is 0.469. The summed E-state index contributed by atoms with van der Waals surface area (Å²) in [4.78, 5) is 14.5. The van der Waals surface area contributed by atoms with E-state index in [9.17, 15) is 13.2 Å². The Hall–Kier alpha value is -0.920. The highest BCUT2D eigenvalue weighted by molar-refractivity contribution is 7.90. The third-order valence-electron chi connectivity index (χ3n) is 2.47. The summed E-state index contributed by atoms with van der Waals surface area (Å²) in [5, 5.41) is 1.94. The van der Waals surface area contributed by atoms with Gasteiger partial charge in [-0.05, 0) is 17.9 Å². The van der Waals surface area contributed by atoms with Gasteiger partial charge >= 0.3 is 0 Å². The van der Waals surface area contributed by atoms with Gasteiger partial charge in [-0.3, -0.25) is 4.79 Å². The third kappa shape index (κ3) is 5.16. The van der Waals surface area contributed by atoms with Gasteiger partial charge in [0.15, 0.2) is 0 Å². The molecule has 2 N–H and O–H groups in total. The van der Waals surface area contributed by atoms with Crippen LogP contribution in [0.4, 0.5) is 0 Å². The first-order chi connectivity index (χ1) is 8.29. The van der Waals surface area contributed by atoms with Gasteiger partial charge in [-0.1, -0.05) is 6.07 Å². The normalized spacial score (nSPS) is 13.3. The van der Waals surface area contributed by atoms with Crippen LogP contribution in [0, 0.1) is 0 Å². The van der Waals surface area contributed by atoms with E-state index in [-0.39, 0.29) is 18.1 Å². The number of hydrogen-bond acceptors (Lipinski definition) is 5. The Morgan fingerprint density at radius 2 is 2.22 bits per heavy atom. The zero-order chi connectivity index (χ0) is 13.8. The largest absolute Gasteiger partial charge is 0.339 e. The molecule has 0 aliphatic rings. The lowest BCUT2D eigenvalue weighted by Gasteiger charge is -2.20. The van der Waals surface area contributed by atoms with Crippen molar-refractivity contribution in [2.24, 2.45) is 5.73 Å². The van der Waals surface area contributed by atoms with Crippen molar-refractivity contribution < 1.29 is 13.2 Å². The second-order valence-corrected chi connectivity index (χ2v) is 7.59. The maximum Gasteiger partial charge on any atom is 0.239 e. The van der Waals surface area contributed by atoms with E-state index in [1.807, 2.05) is 17.5 Å². The molecule has 0 fully saturated rings. The lowest BCUT2D eigenvalue weighted by atomic mass is 10.2. The standard InChI is InChI=1S/C11H18N2O3S2/c1-13(8-9-4-3-6-17-9)11(14)10(12)5-7-18(2,15)16/h3-4,6,10H,5,7-8,12H2,1-2H3. The van der Waals surface area contributed by atoms with Crippen LogP contribution in [0.5, 0.6) is 0 Å². The van der Waals surface area contributed by atoms with Crippen LogP contribution in [0.15, 0.2) is 17.5 Å². The van der Waals surface area contributed by atoms with Crippen LogP contribution in [-0.2, 0) is 21.2 Å². The number of nitrogens with zero attached hydrogens (tertiary/aromatic N) is 1. The maximum atomic E-state index is 11.9. The third-order valence-corrected chi connectivity index (χ3v) is 4.30. The highest BCUT2D eigenvalue weighted by atomic mass is 32.2. The molecule has 0 aromatic carbocycles. The Morgan fingerprint density at radius 1 is 1.56 bits per heavy atom. The van der Waals surface area contributed by atoms with E-state index in [0.717, 1.165) is 11.1 Å². The minimum absolute atomic E-state index is 0.0627. The number of sulfone groups is 1. The number of rotatable bonds is 6. The van der Waals surface area contributed by atoms with Gasteiger partial charge in [0.1, 0.15) is 9.84 Å². The van der Waals surface area contributed by atoms with Crippen molar-refractivity contribution in [3.63, 3.8) is 0 Å². The molecule has 1 rings (SSSR count). The first-order valence-corrected chi connectivity index (χ1v) is 8.44. The summed E-state index contributed by atoms with van der Waals surface area (Å²) in [5.74, 6) is -0.292. The molecule has 5 nitrogen and oxygen atoms in total. The van der Waals surface area contributed by atoms with Gasteiger partial charge in [-0.15, -0.1) is 11.3 Å². The van der Waals surface area contributed by atoms with E-state index in [1.165, 1.54) is 4.90 Å². The van der Waals surface area contributed by atoms with E-state index in [1.54, 1.807) is 18.4 Å².